The minimum Gasteiger partial charge on any atom is -0.328 e. The molecular weight excluding hydrogens is 272 g/mol. The Labute approximate surface area is 110 Å². The molecule has 0 amide bonds. The van der Waals surface area contributed by atoms with Crippen LogP contribution >= 0.6 is 0 Å². The van der Waals surface area contributed by atoms with Crippen LogP contribution in [0, 0.1) is 10.1 Å². The number of aromatic nitrogens is 1. The van der Waals surface area contributed by atoms with Crippen LogP contribution in [0.25, 0.3) is 0 Å². The Morgan fingerprint density at radius 1 is 1.37 bits per heavy atom. The fourth-order valence-electron chi connectivity index (χ4n) is 1.88. The van der Waals surface area contributed by atoms with Gasteiger partial charge in [0.15, 0.2) is 5.03 Å². The molecule has 1 aromatic rings. The maximum Gasteiger partial charge on any atom is 0.287 e. The van der Waals surface area contributed by atoms with E-state index in [1.54, 1.807) is 0 Å². The van der Waals surface area contributed by atoms with Crippen LogP contribution in [0.2, 0.25) is 0 Å². The topological polar surface area (TPSA) is 119 Å². The van der Waals surface area contributed by atoms with Gasteiger partial charge in [-0.25, -0.2) is 13.4 Å². The fourth-order valence-corrected chi connectivity index (χ4v) is 3.26. The molecule has 104 valence electrons. The van der Waals surface area contributed by atoms with Crippen molar-refractivity contribution in [1.82, 2.24) is 9.29 Å². The van der Waals surface area contributed by atoms with Crippen LogP contribution in [0.4, 0.5) is 5.69 Å². The van der Waals surface area contributed by atoms with Crippen LogP contribution < -0.4 is 5.73 Å². The summed E-state index contributed by atoms with van der Waals surface area (Å²) in [5, 5.41) is 10.3. The van der Waals surface area contributed by atoms with Crippen molar-refractivity contribution in [1.29, 1.82) is 0 Å². The average molecular weight is 286 g/mol. The highest BCUT2D eigenvalue weighted by atomic mass is 32.2. The molecule has 1 aliphatic rings. The van der Waals surface area contributed by atoms with Gasteiger partial charge in [-0.15, -0.1) is 0 Å². The van der Waals surface area contributed by atoms with Gasteiger partial charge in [-0.1, -0.05) is 0 Å². The van der Waals surface area contributed by atoms with E-state index in [0.717, 1.165) is 18.3 Å². The van der Waals surface area contributed by atoms with Crippen LogP contribution in [0.3, 0.4) is 0 Å². The summed E-state index contributed by atoms with van der Waals surface area (Å²) < 4.78 is 25.8. The van der Waals surface area contributed by atoms with Crippen LogP contribution in [0.15, 0.2) is 23.4 Å². The first kappa shape index (κ1) is 13.8. The minimum absolute atomic E-state index is 0.0243. The summed E-state index contributed by atoms with van der Waals surface area (Å²) >= 11 is 0. The molecule has 0 aromatic carbocycles. The zero-order valence-electron chi connectivity index (χ0n) is 10.1. The number of piperidine rings is 1. The zero-order valence-corrected chi connectivity index (χ0v) is 10.9. The molecule has 0 atom stereocenters. The zero-order chi connectivity index (χ0) is 14.0. The number of nitro groups is 1. The summed E-state index contributed by atoms with van der Waals surface area (Å²) in [4.78, 5) is 13.5. The van der Waals surface area contributed by atoms with Crippen molar-refractivity contribution in [2.24, 2.45) is 5.73 Å². The molecule has 8 nitrogen and oxygen atoms in total. The van der Waals surface area contributed by atoms with Gasteiger partial charge in [-0.3, -0.25) is 10.1 Å². The van der Waals surface area contributed by atoms with Crippen molar-refractivity contribution in [3.8, 4) is 0 Å². The lowest BCUT2D eigenvalue weighted by Crippen LogP contribution is -2.42. The molecule has 0 radical (unpaired) electrons. The van der Waals surface area contributed by atoms with Crippen molar-refractivity contribution >= 4 is 15.7 Å². The molecule has 2 N–H and O–H groups in total. The molecule has 1 saturated heterocycles. The van der Waals surface area contributed by atoms with Crippen LogP contribution in [-0.2, 0) is 10.0 Å². The first-order valence-electron chi connectivity index (χ1n) is 5.77. The number of sulfonamides is 1. The first-order valence-corrected chi connectivity index (χ1v) is 7.21. The van der Waals surface area contributed by atoms with Gasteiger partial charge < -0.3 is 5.73 Å². The minimum atomic E-state index is -3.68. The maximum absolute atomic E-state index is 12.2. The average Bonchev–Trinajstić information content (AvgIpc) is 2.39. The molecule has 9 heteroatoms. The predicted octanol–water partition coefficient (Wildman–Crippen LogP) is 0.102. The third-order valence-electron chi connectivity index (χ3n) is 3.03. The van der Waals surface area contributed by atoms with E-state index in [2.05, 4.69) is 4.98 Å². The Balaban J connectivity index is 2.22. The van der Waals surface area contributed by atoms with Crippen LogP contribution in [0.1, 0.15) is 12.8 Å². The quantitative estimate of drug-likeness (QED) is 0.621. The lowest BCUT2D eigenvalue weighted by molar-refractivity contribution is -0.385. The molecular formula is C10H14N4O4S. The Bertz CT molecular complexity index is 564. The summed E-state index contributed by atoms with van der Waals surface area (Å²) in [5.74, 6) is 0. The lowest BCUT2D eigenvalue weighted by atomic mass is 10.1. The number of nitrogens with two attached hydrogens (primary N) is 1. The maximum atomic E-state index is 12.2. The number of nitrogens with zero attached hydrogens (tertiary/aromatic N) is 3. The molecule has 0 bridgehead atoms. The van der Waals surface area contributed by atoms with Crippen molar-refractivity contribution in [3.63, 3.8) is 0 Å². The number of hydrogen-bond acceptors (Lipinski definition) is 6. The van der Waals surface area contributed by atoms with Gasteiger partial charge in [0.1, 0.15) is 6.20 Å². The Kier molecular flexibility index (Phi) is 3.78. The van der Waals surface area contributed by atoms with Crippen molar-refractivity contribution in [2.45, 2.75) is 23.9 Å². The number of hydrogen-bond donors (Lipinski definition) is 1. The summed E-state index contributed by atoms with van der Waals surface area (Å²) in [6.45, 7) is 0.699. The Hall–Kier alpha value is -1.58. The Morgan fingerprint density at radius 2 is 2.00 bits per heavy atom. The van der Waals surface area contributed by atoms with Crippen molar-refractivity contribution < 1.29 is 13.3 Å². The summed E-state index contributed by atoms with van der Waals surface area (Å²) in [7, 11) is -3.68. The van der Waals surface area contributed by atoms with E-state index in [1.165, 1.54) is 4.31 Å². The highest BCUT2D eigenvalue weighted by molar-refractivity contribution is 7.89. The van der Waals surface area contributed by atoms with Crippen LogP contribution in [0.5, 0.6) is 0 Å². The molecule has 0 saturated carbocycles. The largest absolute Gasteiger partial charge is 0.328 e. The van der Waals surface area contributed by atoms with Gasteiger partial charge in [-0.2, -0.15) is 4.31 Å². The fraction of sp³-hybridized carbons (Fsp3) is 0.500. The molecule has 0 spiro atoms. The molecule has 0 aliphatic carbocycles. The molecule has 19 heavy (non-hydrogen) atoms. The highest BCUT2D eigenvalue weighted by Crippen LogP contribution is 2.20. The molecule has 1 aliphatic heterocycles. The second-order valence-corrected chi connectivity index (χ2v) is 6.24. The number of rotatable bonds is 3. The molecule has 1 fully saturated rings. The third kappa shape index (κ3) is 2.88. The van der Waals surface area contributed by atoms with Gasteiger partial charge in [0.05, 0.1) is 4.92 Å². The third-order valence-corrected chi connectivity index (χ3v) is 4.85. The van der Waals surface area contributed by atoms with E-state index in [-0.39, 0.29) is 16.8 Å². The van der Waals surface area contributed by atoms with E-state index in [4.69, 9.17) is 5.73 Å². The lowest BCUT2D eigenvalue weighted by Gasteiger charge is -2.28. The normalized spacial score (nSPS) is 18.4. The van der Waals surface area contributed by atoms with Crippen molar-refractivity contribution in [2.75, 3.05) is 13.1 Å². The van der Waals surface area contributed by atoms with Gasteiger partial charge >= 0.3 is 0 Å². The predicted molar refractivity (Wildman–Crippen MR) is 66.9 cm³/mol. The monoisotopic (exact) mass is 286 g/mol. The second-order valence-electron chi connectivity index (χ2n) is 4.35. The van der Waals surface area contributed by atoms with Gasteiger partial charge in [0, 0.05) is 25.2 Å². The SMILES string of the molecule is NC1CCN(S(=O)(=O)c2ccc([N+](=O)[O-])cn2)CC1. The summed E-state index contributed by atoms with van der Waals surface area (Å²) in [5.41, 5.74) is 5.48. The van der Waals surface area contributed by atoms with Crippen molar-refractivity contribution in [3.05, 3.63) is 28.4 Å². The Morgan fingerprint density at radius 3 is 2.47 bits per heavy atom. The van der Waals surface area contributed by atoms with Gasteiger partial charge in [0.2, 0.25) is 0 Å². The molecule has 2 heterocycles. The second kappa shape index (κ2) is 5.19. The summed E-state index contributed by atoms with van der Waals surface area (Å²) in [6, 6.07) is 2.31. The van der Waals surface area contributed by atoms with E-state index in [9.17, 15) is 18.5 Å². The molecule has 0 unspecified atom stereocenters. The van der Waals surface area contributed by atoms with E-state index in [0.29, 0.717) is 25.9 Å². The van der Waals surface area contributed by atoms with E-state index < -0.39 is 14.9 Å². The standard InChI is InChI=1S/C10H14N4O4S/c11-8-3-5-13(6-4-8)19(17,18)10-2-1-9(7-12-10)14(15)16/h1-2,7-8H,3-6,11H2. The molecule has 2 rings (SSSR count). The van der Waals surface area contributed by atoms with Gasteiger partial charge in [0.25, 0.3) is 15.7 Å². The van der Waals surface area contributed by atoms with E-state index >= 15 is 0 Å². The number of pyridine rings is 1. The van der Waals surface area contributed by atoms with Crippen LogP contribution in [-0.4, -0.2) is 41.8 Å². The smallest absolute Gasteiger partial charge is 0.287 e. The summed E-state index contributed by atoms with van der Waals surface area (Å²) in [6.07, 6.45) is 2.15. The molecule has 1 aromatic heterocycles. The first-order chi connectivity index (χ1) is 8.91. The highest BCUT2D eigenvalue weighted by Gasteiger charge is 2.29. The van der Waals surface area contributed by atoms with Gasteiger partial charge in [-0.05, 0) is 18.9 Å². The van der Waals surface area contributed by atoms with E-state index in [1.807, 2.05) is 0 Å².